The number of rotatable bonds is 0. The quantitative estimate of drug-likeness (QED) is 0.644. The summed E-state index contributed by atoms with van der Waals surface area (Å²) in [5.74, 6) is 0.296. The molecule has 3 rings (SSSR count). The smallest absolute Gasteiger partial charge is 0.156 e. The van der Waals surface area contributed by atoms with Gasteiger partial charge in [0, 0.05) is 6.42 Å². The van der Waals surface area contributed by atoms with Gasteiger partial charge in [-0.25, -0.2) is 0 Å². The number of carbonyl (C=O) groups is 1. The van der Waals surface area contributed by atoms with Crippen molar-refractivity contribution >= 4 is 11.4 Å². The van der Waals surface area contributed by atoms with Crippen LogP contribution in [0.3, 0.4) is 0 Å². The van der Waals surface area contributed by atoms with Crippen molar-refractivity contribution in [2.24, 2.45) is 5.41 Å². The fourth-order valence-electron chi connectivity index (χ4n) is 3.02. The largest absolute Gasteiger partial charge is 0.295 e. The fraction of sp³-hybridized carbons (Fsp3) is 0.400. The normalized spacial score (nSPS) is 28.1. The van der Waals surface area contributed by atoms with Crippen LogP contribution in [0.4, 0.5) is 0 Å². The highest BCUT2D eigenvalue weighted by Gasteiger charge is 2.37. The van der Waals surface area contributed by atoms with Crippen LogP contribution in [-0.2, 0) is 11.2 Å². The van der Waals surface area contributed by atoms with Crippen LogP contribution in [0.2, 0.25) is 0 Å². The molecule has 1 aromatic carbocycles. The second-order valence-corrected chi connectivity index (χ2v) is 5.24. The summed E-state index contributed by atoms with van der Waals surface area (Å²) in [7, 11) is 0. The molecule has 0 radical (unpaired) electrons. The van der Waals surface area contributed by atoms with Crippen LogP contribution >= 0.6 is 0 Å². The molecule has 0 fully saturated rings. The van der Waals surface area contributed by atoms with Crippen LogP contribution in [0.15, 0.2) is 30.3 Å². The van der Waals surface area contributed by atoms with E-state index in [1.54, 1.807) is 0 Å². The van der Waals surface area contributed by atoms with Gasteiger partial charge in [0.2, 0.25) is 0 Å². The van der Waals surface area contributed by atoms with Crippen LogP contribution < -0.4 is 0 Å². The van der Waals surface area contributed by atoms with Crippen LogP contribution in [0, 0.1) is 5.41 Å². The second kappa shape index (κ2) is 3.31. The first-order chi connectivity index (χ1) is 7.69. The number of hydrogen-bond donors (Lipinski definition) is 0. The SMILES string of the molecule is CC12CCC(=O)C=C1c1ccccc1CC2. The van der Waals surface area contributed by atoms with E-state index in [1.807, 2.05) is 6.08 Å². The lowest BCUT2D eigenvalue weighted by Crippen LogP contribution is -2.29. The lowest BCUT2D eigenvalue weighted by atomic mass is 9.64. The first-order valence-corrected chi connectivity index (χ1v) is 6.02. The van der Waals surface area contributed by atoms with E-state index in [4.69, 9.17) is 0 Å². The predicted molar refractivity (Wildman–Crippen MR) is 65.1 cm³/mol. The van der Waals surface area contributed by atoms with Crippen molar-refractivity contribution in [1.29, 1.82) is 0 Å². The molecule has 2 aliphatic carbocycles. The molecular weight excluding hydrogens is 196 g/mol. The van der Waals surface area contributed by atoms with Crippen molar-refractivity contribution in [2.45, 2.75) is 32.6 Å². The van der Waals surface area contributed by atoms with Crippen molar-refractivity contribution in [3.8, 4) is 0 Å². The van der Waals surface area contributed by atoms with Gasteiger partial charge in [0.1, 0.15) is 0 Å². The lowest BCUT2D eigenvalue weighted by molar-refractivity contribution is -0.115. The minimum absolute atomic E-state index is 0.238. The number of carbonyl (C=O) groups excluding carboxylic acids is 1. The zero-order valence-electron chi connectivity index (χ0n) is 9.62. The van der Waals surface area contributed by atoms with Crippen molar-refractivity contribution in [2.75, 3.05) is 0 Å². The highest BCUT2D eigenvalue weighted by atomic mass is 16.1. The summed E-state index contributed by atoms with van der Waals surface area (Å²) in [5.41, 5.74) is 4.23. The van der Waals surface area contributed by atoms with Gasteiger partial charge in [-0.1, -0.05) is 31.2 Å². The number of allylic oxidation sites excluding steroid dienone is 2. The van der Waals surface area contributed by atoms with E-state index < -0.39 is 0 Å². The van der Waals surface area contributed by atoms with Gasteiger partial charge in [-0.15, -0.1) is 0 Å². The Labute approximate surface area is 96.2 Å². The third-order valence-electron chi connectivity index (χ3n) is 4.13. The topological polar surface area (TPSA) is 17.1 Å². The Morgan fingerprint density at radius 3 is 2.75 bits per heavy atom. The number of aryl methyl sites for hydroxylation is 1. The Balaban J connectivity index is 2.20. The van der Waals surface area contributed by atoms with Gasteiger partial charge >= 0.3 is 0 Å². The average molecular weight is 212 g/mol. The molecule has 0 amide bonds. The molecule has 1 nitrogen and oxygen atoms in total. The van der Waals surface area contributed by atoms with E-state index in [0.29, 0.717) is 5.78 Å². The molecule has 0 bridgehead atoms. The van der Waals surface area contributed by atoms with Crippen molar-refractivity contribution in [3.63, 3.8) is 0 Å². The Bertz CT molecular complexity index is 484. The minimum atomic E-state index is 0.238. The van der Waals surface area contributed by atoms with Gasteiger partial charge in [-0.3, -0.25) is 4.79 Å². The average Bonchev–Trinajstić information content (AvgIpc) is 2.31. The predicted octanol–water partition coefficient (Wildman–Crippen LogP) is 3.39. The zero-order valence-corrected chi connectivity index (χ0v) is 9.62. The maximum Gasteiger partial charge on any atom is 0.156 e. The van der Waals surface area contributed by atoms with Gasteiger partial charge in [-0.2, -0.15) is 0 Å². The molecule has 1 aromatic rings. The molecule has 0 heterocycles. The van der Waals surface area contributed by atoms with Crippen LogP contribution in [0.1, 0.15) is 37.3 Å². The molecule has 0 saturated heterocycles. The minimum Gasteiger partial charge on any atom is -0.295 e. The Morgan fingerprint density at radius 2 is 1.88 bits per heavy atom. The standard InChI is InChI=1S/C15H16O/c1-15-8-6-11-4-2-3-5-13(11)14(15)10-12(16)7-9-15/h2-5,10H,6-9H2,1H3. The molecule has 1 unspecified atom stereocenters. The highest BCUT2D eigenvalue weighted by molar-refractivity contribution is 6.00. The van der Waals surface area contributed by atoms with E-state index >= 15 is 0 Å². The Kier molecular flexibility index (Phi) is 2.03. The van der Waals surface area contributed by atoms with Crippen LogP contribution in [0.5, 0.6) is 0 Å². The van der Waals surface area contributed by atoms with Crippen molar-refractivity contribution in [3.05, 3.63) is 41.5 Å². The van der Waals surface area contributed by atoms with Crippen molar-refractivity contribution in [1.82, 2.24) is 0 Å². The van der Waals surface area contributed by atoms with Crippen LogP contribution in [-0.4, -0.2) is 5.78 Å². The highest BCUT2D eigenvalue weighted by Crippen LogP contribution is 2.49. The van der Waals surface area contributed by atoms with Gasteiger partial charge in [0.25, 0.3) is 0 Å². The number of fused-ring (bicyclic) bond motifs is 3. The number of ketones is 1. The number of benzene rings is 1. The van der Waals surface area contributed by atoms with Crippen molar-refractivity contribution < 1.29 is 4.79 Å². The Morgan fingerprint density at radius 1 is 1.12 bits per heavy atom. The molecule has 1 atom stereocenters. The monoisotopic (exact) mass is 212 g/mol. The lowest BCUT2D eigenvalue weighted by Gasteiger charge is -2.40. The van der Waals surface area contributed by atoms with Crippen LogP contribution in [0.25, 0.3) is 5.57 Å². The first-order valence-electron chi connectivity index (χ1n) is 6.02. The molecule has 0 spiro atoms. The second-order valence-electron chi connectivity index (χ2n) is 5.24. The van der Waals surface area contributed by atoms with Gasteiger partial charge in [0.05, 0.1) is 0 Å². The molecule has 0 aliphatic heterocycles. The van der Waals surface area contributed by atoms with Gasteiger partial charge < -0.3 is 0 Å². The molecule has 2 aliphatic rings. The third kappa shape index (κ3) is 1.35. The molecule has 82 valence electrons. The Hall–Kier alpha value is -1.37. The summed E-state index contributed by atoms with van der Waals surface area (Å²) in [6, 6.07) is 8.52. The molecule has 0 N–H and O–H groups in total. The van der Waals surface area contributed by atoms with Gasteiger partial charge in [-0.05, 0) is 47.5 Å². The fourth-order valence-corrected chi connectivity index (χ4v) is 3.02. The maximum absolute atomic E-state index is 11.6. The zero-order chi connectivity index (χ0) is 11.2. The molecule has 16 heavy (non-hydrogen) atoms. The number of hydrogen-bond acceptors (Lipinski definition) is 1. The van der Waals surface area contributed by atoms with Gasteiger partial charge in [0.15, 0.2) is 5.78 Å². The van der Waals surface area contributed by atoms with E-state index in [2.05, 4.69) is 31.2 Å². The molecule has 0 saturated carbocycles. The van der Waals surface area contributed by atoms with E-state index in [0.717, 1.165) is 19.3 Å². The first kappa shape index (κ1) is 9.83. The molecule has 0 aromatic heterocycles. The summed E-state index contributed by atoms with van der Waals surface area (Å²) in [5, 5.41) is 0. The summed E-state index contributed by atoms with van der Waals surface area (Å²) in [6.45, 7) is 2.31. The summed E-state index contributed by atoms with van der Waals surface area (Å²) < 4.78 is 0. The summed E-state index contributed by atoms with van der Waals surface area (Å²) >= 11 is 0. The maximum atomic E-state index is 11.6. The summed E-state index contributed by atoms with van der Waals surface area (Å²) in [4.78, 5) is 11.6. The molecule has 1 heteroatoms. The molecular formula is C15H16O. The summed E-state index contributed by atoms with van der Waals surface area (Å²) in [6.07, 6.45) is 5.97. The van der Waals surface area contributed by atoms with E-state index in [9.17, 15) is 4.79 Å². The van der Waals surface area contributed by atoms with E-state index in [-0.39, 0.29) is 5.41 Å². The third-order valence-corrected chi connectivity index (χ3v) is 4.13. The van der Waals surface area contributed by atoms with E-state index in [1.165, 1.54) is 23.1 Å².